The molecule has 0 heterocycles. The zero-order valence-electron chi connectivity index (χ0n) is 13.6. The van der Waals surface area contributed by atoms with E-state index in [1.54, 1.807) is 19.9 Å². The van der Waals surface area contributed by atoms with Gasteiger partial charge < -0.3 is 5.32 Å². The van der Waals surface area contributed by atoms with Crippen molar-refractivity contribution in [3.8, 4) is 0 Å². The van der Waals surface area contributed by atoms with Crippen LogP contribution in [0.3, 0.4) is 0 Å². The Balaban J connectivity index is 4.94. The van der Waals surface area contributed by atoms with E-state index in [9.17, 15) is 9.59 Å². The van der Waals surface area contributed by atoms with E-state index < -0.39 is 0 Å². The van der Waals surface area contributed by atoms with Gasteiger partial charge in [0.2, 0.25) is 5.91 Å². The van der Waals surface area contributed by atoms with E-state index >= 15 is 0 Å². The third-order valence-corrected chi connectivity index (χ3v) is 2.97. The quantitative estimate of drug-likeness (QED) is 0.571. The van der Waals surface area contributed by atoms with Gasteiger partial charge in [0.1, 0.15) is 0 Å². The number of amides is 1. The van der Waals surface area contributed by atoms with Gasteiger partial charge in [0, 0.05) is 17.7 Å². The number of hydrogen-bond acceptors (Lipinski definition) is 2. The summed E-state index contributed by atoms with van der Waals surface area (Å²) in [4.78, 5) is 23.5. The number of rotatable bonds is 7. The summed E-state index contributed by atoms with van der Waals surface area (Å²) < 4.78 is 0. The molecule has 0 aromatic heterocycles. The molecule has 0 aliphatic rings. The molecule has 0 aliphatic carbocycles. The Morgan fingerprint density at radius 2 is 1.70 bits per heavy atom. The van der Waals surface area contributed by atoms with Gasteiger partial charge in [-0.15, -0.1) is 0 Å². The van der Waals surface area contributed by atoms with Crippen molar-refractivity contribution in [2.75, 3.05) is 6.54 Å². The Morgan fingerprint density at radius 3 is 2.10 bits per heavy atom. The summed E-state index contributed by atoms with van der Waals surface area (Å²) in [6, 6.07) is 0. The molecule has 112 valence electrons. The Morgan fingerprint density at radius 1 is 1.15 bits per heavy atom. The monoisotopic (exact) mass is 277 g/mol. The van der Waals surface area contributed by atoms with Crippen LogP contribution < -0.4 is 5.32 Å². The highest BCUT2D eigenvalue weighted by atomic mass is 16.1. The molecule has 0 unspecified atom stereocenters. The average Bonchev–Trinajstić information content (AvgIpc) is 2.26. The summed E-state index contributed by atoms with van der Waals surface area (Å²) in [5, 5.41) is 2.88. The van der Waals surface area contributed by atoms with Gasteiger partial charge in [-0.05, 0) is 51.2 Å². The Hall–Kier alpha value is -1.64. The van der Waals surface area contributed by atoms with Crippen molar-refractivity contribution in [1.29, 1.82) is 0 Å². The highest BCUT2D eigenvalue weighted by Crippen LogP contribution is 2.16. The van der Waals surface area contributed by atoms with Crippen LogP contribution in [-0.4, -0.2) is 18.2 Å². The second kappa shape index (κ2) is 8.51. The molecule has 20 heavy (non-hydrogen) atoms. The van der Waals surface area contributed by atoms with Gasteiger partial charge in [0.05, 0.1) is 0 Å². The van der Waals surface area contributed by atoms with Gasteiger partial charge in [0.25, 0.3) is 0 Å². The first-order valence-corrected chi connectivity index (χ1v) is 7.01. The minimum absolute atomic E-state index is 0.0285. The second-order valence-electron chi connectivity index (χ2n) is 5.66. The number of ketones is 1. The van der Waals surface area contributed by atoms with Crippen LogP contribution in [0.2, 0.25) is 0 Å². The number of carbonyl (C=O) groups excluding carboxylic acids is 2. The number of allylic oxidation sites excluding steroid dienone is 4. The first-order valence-electron chi connectivity index (χ1n) is 7.01. The van der Waals surface area contributed by atoms with E-state index in [0.717, 1.165) is 17.6 Å². The molecule has 0 aromatic carbocycles. The van der Waals surface area contributed by atoms with Crippen LogP contribution in [0.25, 0.3) is 0 Å². The molecule has 0 rings (SSSR count). The largest absolute Gasteiger partial charge is 0.352 e. The van der Waals surface area contributed by atoms with Crippen molar-refractivity contribution < 1.29 is 9.59 Å². The molecule has 3 heteroatoms. The molecule has 0 saturated carbocycles. The van der Waals surface area contributed by atoms with E-state index in [4.69, 9.17) is 0 Å². The van der Waals surface area contributed by atoms with E-state index in [0.29, 0.717) is 23.6 Å². The van der Waals surface area contributed by atoms with E-state index in [1.165, 1.54) is 6.92 Å². The molecule has 0 aromatic rings. The lowest BCUT2D eigenvalue weighted by Crippen LogP contribution is -2.26. The van der Waals surface area contributed by atoms with Crippen molar-refractivity contribution in [3.05, 3.63) is 34.9 Å². The highest BCUT2D eigenvalue weighted by molar-refractivity contribution is 5.99. The molecule has 0 atom stereocenters. The van der Waals surface area contributed by atoms with Crippen molar-refractivity contribution in [2.24, 2.45) is 5.92 Å². The third kappa shape index (κ3) is 6.50. The number of carbonyl (C=O) groups is 2. The van der Waals surface area contributed by atoms with E-state index in [2.05, 4.69) is 25.7 Å². The lowest BCUT2D eigenvalue weighted by Gasteiger charge is -2.09. The zero-order chi connectivity index (χ0) is 15.9. The molecule has 0 bridgehead atoms. The van der Waals surface area contributed by atoms with Crippen LogP contribution >= 0.6 is 0 Å². The van der Waals surface area contributed by atoms with Gasteiger partial charge in [-0.2, -0.15) is 0 Å². The van der Waals surface area contributed by atoms with Crippen LogP contribution in [0, 0.1) is 5.92 Å². The van der Waals surface area contributed by atoms with Gasteiger partial charge in [0.15, 0.2) is 5.78 Å². The predicted octanol–water partition coefficient (Wildman–Crippen LogP) is 3.58. The lowest BCUT2D eigenvalue weighted by atomic mass is 9.98. The van der Waals surface area contributed by atoms with Crippen molar-refractivity contribution >= 4 is 11.7 Å². The minimum atomic E-state index is -0.0883. The highest BCUT2D eigenvalue weighted by Gasteiger charge is 2.10. The Kier molecular flexibility index (Phi) is 7.82. The van der Waals surface area contributed by atoms with Crippen molar-refractivity contribution in [1.82, 2.24) is 5.32 Å². The molecular weight excluding hydrogens is 250 g/mol. The summed E-state index contributed by atoms with van der Waals surface area (Å²) in [5.41, 5.74) is 2.70. The van der Waals surface area contributed by atoms with Crippen LogP contribution in [0.5, 0.6) is 0 Å². The zero-order valence-corrected chi connectivity index (χ0v) is 13.6. The lowest BCUT2D eigenvalue weighted by molar-refractivity contribution is -0.117. The summed E-state index contributed by atoms with van der Waals surface area (Å²) in [7, 11) is 0. The molecule has 0 radical (unpaired) electrons. The fourth-order valence-electron chi connectivity index (χ4n) is 1.99. The maximum absolute atomic E-state index is 11.9. The molecular formula is C17H27NO2. The standard InChI is InChI=1S/C17H27NO2/c1-11(2)8-9-18-17(20)14(6)10-13(5)16(12(3)4)15(7)19/h10-11H,3,8-9H2,1-2,4-7H3,(H,18,20)/b14-10+,16-13+. The number of nitrogens with one attached hydrogen (secondary N) is 1. The van der Waals surface area contributed by atoms with Crippen molar-refractivity contribution in [3.63, 3.8) is 0 Å². The topological polar surface area (TPSA) is 46.2 Å². The van der Waals surface area contributed by atoms with Crippen LogP contribution in [0.15, 0.2) is 34.9 Å². The summed E-state index contributed by atoms with van der Waals surface area (Å²) in [6.45, 7) is 15.6. The Labute approximate surface area is 122 Å². The molecule has 3 nitrogen and oxygen atoms in total. The molecule has 1 amide bonds. The number of hydrogen-bond donors (Lipinski definition) is 1. The van der Waals surface area contributed by atoms with Gasteiger partial charge in [-0.3, -0.25) is 9.59 Å². The molecule has 1 N–H and O–H groups in total. The molecule has 0 fully saturated rings. The molecule has 0 saturated heterocycles. The fraction of sp³-hybridized carbons (Fsp3) is 0.529. The van der Waals surface area contributed by atoms with Crippen LogP contribution in [0.1, 0.15) is 48.0 Å². The first-order chi connectivity index (χ1) is 9.16. The van der Waals surface area contributed by atoms with E-state index in [1.807, 2.05) is 6.92 Å². The maximum atomic E-state index is 11.9. The normalized spacial score (nSPS) is 13.1. The van der Waals surface area contributed by atoms with Crippen molar-refractivity contribution in [2.45, 2.75) is 48.0 Å². The van der Waals surface area contributed by atoms with Crippen LogP contribution in [-0.2, 0) is 9.59 Å². The maximum Gasteiger partial charge on any atom is 0.246 e. The summed E-state index contributed by atoms with van der Waals surface area (Å²) >= 11 is 0. The summed E-state index contributed by atoms with van der Waals surface area (Å²) in [6.07, 6.45) is 2.70. The predicted molar refractivity (Wildman–Crippen MR) is 84.4 cm³/mol. The second-order valence-corrected chi connectivity index (χ2v) is 5.66. The Bertz CT molecular complexity index is 438. The third-order valence-electron chi connectivity index (χ3n) is 2.97. The SMILES string of the molecule is C=C(C)/C(C(C)=O)=C(C)\C=C(/C)C(=O)NCCC(C)C. The van der Waals surface area contributed by atoms with Gasteiger partial charge in [-0.25, -0.2) is 0 Å². The average molecular weight is 277 g/mol. The van der Waals surface area contributed by atoms with E-state index in [-0.39, 0.29) is 11.7 Å². The fourth-order valence-corrected chi connectivity index (χ4v) is 1.99. The molecule has 0 spiro atoms. The number of Topliss-reactive ketones (excluding diaryl/α,β-unsaturated/α-hetero) is 1. The van der Waals surface area contributed by atoms with Gasteiger partial charge in [-0.1, -0.05) is 26.5 Å². The van der Waals surface area contributed by atoms with Crippen LogP contribution in [0.4, 0.5) is 0 Å². The first kappa shape index (κ1) is 18.4. The van der Waals surface area contributed by atoms with Gasteiger partial charge >= 0.3 is 0 Å². The molecule has 0 aliphatic heterocycles. The summed E-state index contributed by atoms with van der Waals surface area (Å²) in [5.74, 6) is 0.447. The smallest absolute Gasteiger partial charge is 0.246 e. The minimum Gasteiger partial charge on any atom is -0.352 e.